The van der Waals surface area contributed by atoms with Gasteiger partial charge in [-0.25, -0.2) is 9.97 Å². The predicted molar refractivity (Wildman–Crippen MR) is 285 cm³/mol. The lowest BCUT2D eigenvalue weighted by Gasteiger charge is -2.49. The first-order valence-corrected chi connectivity index (χ1v) is 32.3. The second-order valence-corrected chi connectivity index (χ2v) is 39.1. The molecule has 0 aliphatic carbocycles. The van der Waals surface area contributed by atoms with Crippen molar-refractivity contribution in [2.24, 2.45) is 0 Å². The lowest BCUT2D eigenvalue weighted by atomic mass is 10.1. The van der Waals surface area contributed by atoms with Crippen LogP contribution in [0.3, 0.4) is 0 Å². The normalized spacial score (nSPS) is 23.9. The number of aromatic nitrogens is 8. The zero-order valence-corrected chi connectivity index (χ0v) is 49.3. The van der Waals surface area contributed by atoms with Crippen LogP contribution in [0.4, 0.5) is 11.6 Å². The van der Waals surface area contributed by atoms with Gasteiger partial charge in [0.05, 0.1) is 25.9 Å². The molecule has 8 atom stereocenters. The summed E-state index contributed by atoms with van der Waals surface area (Å²) in [7, 11) is -7.16. The van der Waals surface area contributed by atoms with Crippen molar-refractivity contribution in [3.05, 3.63) is 23.2 Å². The highest BCUT2D eigenvalue weighted by Crippen LogP contribution is 2.51. The average molecular weight is 1070 g/mol. The van der Waals surface area contributed by atoms with Gasteiger partial charge in [0.15, 0.2) is 43.7 Å². The van der Waals surface area contributed by atoms with Gasteiger partial charge >= 0.3 is 0 Å². The summed E-state index contributed by atoms with van der Waals surface area (Å²) < 4.78 is 39.1. The van der Waals surface area contributed by atoms with Crippen LogP contribution in [0.25, 0.3) is 22.3 Å². The number of hydrogen-bond donors (Lipinski definition) is 5. The van der Waals surface area contributed by atoms with Gasteiger partial charge in [-0.15, -0.1) is 0 Å². The van der Waals surface area contributed by atoms with Crippen molar-refractivity contribution in [1.82, 2.24) is 39.0 Å². The lowest BCUT2D eigenvalue weighted by Crippen LogP contribution is -2.58. The van der Waals surface area contributed by atoms with E-state index in [4.69, 9.17) is 62.5 Å². The molecule has 2 aliphatic heterocycles. The van der Waals surface area contributed by atoms with Crippen LogP contribution in [0.15, 0.2) is 12.7 Å². The maximum atomic E-state index is 9.99. The quantitative estimate of drug-likeness (QED) is 0.0433. The van der Waals surface area contributed by atoms with Crippen molar-refractivity contribution < 1.29 is 38.1 Å². The number of hydrogen-bond acceptors (Lipinski definition) is 16. The minimum atomic E-state index is -2.47. The molecule has 23 heteroatoms. The SMILES string of the molecule is CC(C)[Si](OC[C@H]1O[C@@H](n2cnc3c(N)nc(Cl)nc32)[C@H](O[Si](C(C)C)(C(C)C)C(C)C)[C@@H]1O[Si](C(C)C)(C(C)C)C(C)C)(C(C)C)C(C)C.Nc1nc(Cl)nc2c1ncn2[C@@H]1O[C@H](CO)[C@@H](O)[C@H]1O. The highest BCUT2D eigenvalue weighted by atomic mass is 35.5. The molecule has 70 heavy (non-hydrogen) atoms. The number of aliphatic hydroxyl groups is 3. The van der Waals surface area contributed by atoms with Crippen molar-refractivity contribution in [2.75, 3.05) is 24.7 Å². The van der Waals surface area contributed by atoms with Gasteiger partial charge in [-0.05, 0) is 73.1 Å². The first-order valence-electron chi connectivity index (χ1n) is 25.1. The third kappa shape index (κ3) is 10.8. The fourth-order valence-corrected chi connectivity index (χ4v) is 29.6. The van der Waals surface area contributed by atoms with E-state index < -0.39 is 68.4 Å². The molecule has 2 aliphatic rings. The van der Waals surface area contributed by atoms with Gasteiger partial charge in [0.2, 0.25) is 27.2 Å². The van der Waals surface area contributed by atoms with E-state index in [1.54, 1.807) is 6.33 Å². The van der Waals surface area contributed by atoms with E-state index in [-0.39, 0.29) is 40.1 Å². The minimum Gasteiger partial charge on any atom is -0.413 e. The Hall–Kier alpha value is -2.39. The maximum absolute atomic E-state index is 9.99. The number of halogens is 2. The standard InChI is InChI=1S/C37H72ClN5O4Si3.C10H12ClN5O4/c1-21(2)48(22(3)4,23(5)6)44-19-30-32(46-49(24(7)8,25(9)10)26(11)12)33(47-50(27(13)14,28(15)16)29(17)18)36(45-30)43-20-40-31-34(39)41-37(38)42-35(31)43;11-10-14-7(12)4-8(15-10)16(2-13-4)9-6(19)5(18)3(1-17)20-9/h20-30,32-33,36H,19H2,1-18H3,(H2,39,41,42);2-3,5-6,9,17-19H,1H2,(H2,12,14,15)/t30-,32-,33-,36-;3-,5-,6-,9-/m11/s1. The minimum absolute atomic E-state index is 0.0662. The number of imidazole rings is 2. The van der Waals surface area contributed by atoms with E-state index in [9.17, 15) is 10.2 Å². The molecule has 0 aromatic carbocycles. The van der Waals surface area contributed by atoms with E-state index in [0.717, 1.165) is 0 Å². The predicted octanol–water partition coefficient (Wildman–Crippen LogP) is 9.95. The van der Waals surface area contributed by atoms with Gasteiger partial charge < -0.3 is 49.5 Å². The molecule has 0 amide bonds. The van der Waals surface area contributed by atoms with Crippen molar-refractivity contribution in [1.29, 1.82) is 0 Å². The van der Waals surface area contributed by atoms with Crippen LogP contribution >= 0.6 is 23.2 Å². The molecule has 2 saturated heterocycles. The van der Waals surface area contributed by atoms with E-state index in [0.29, 0.717) is 73.2 Å². The molecule has 6 heterocycles. The monoisotopic (exact) mass is 1070 g/mol. The molecule has 7 N–H and O–H groups in total. The fraction of sp³-hybridized carbons (Fsp3) is 0.787. The first kappa shape index (κ1) is 58.5. The Morgan fingerprint density at radius 3 is 1.26 bits per heavy atom. The van der Waals surface area contributed by atoms with Gasteiger partial charge in [0, 0.05) is 0 Å². The number of fused-ring (bicyclic) bond motifs is 2. The van der Waals surface area contributed by atoms with E-state index in [2.05, 4.69) is 155 Å². The van der Waals surface area contributed by atoms with Crippen LogP contribution in [0, 0.1) is 0 Å². The highest BCUT2D eigenvalue weighted by molar-refractivity contribution is 6.78. The number of nitrogen functional groups attached to an aromatic ring is 2. The molecule has 0 spiro atoms. The molecule has 6 rings (SSSR count). The van der Waals surface area contributed by atoms with Crippen LogP contribution in [0.1, 0.15) is 137 Å². The topological polar surface area (TPSA) is 246 Å². The molecule has 4 aromatic heterocycles. The number of rotatable bonds is 19. The first-order chi connectivity index (χ1) is 32.6. The largest absolute Gasteiger partial charge is 0.413 e. The Balaban J connectivity index is 0.000000375. The number of nitrogens with two attached hydrogens (primary N) is 2. The van der Waals surface area contributed by atoms with Crippen LogP contribution in [0.2, 0.25) is 60.4 Å². The van der Waals surface area contributed by atoms with Crippen LogP contribution in [0.5, 0.6) is 0 Å². The number of aliphatic hydroxyl groups excluding tert-OH is 3. The third-order valence-electron chi connectivity index (χ3n) is 15.5. The van der Waals surface area contributed by atoms with Crippen LogP contribution in [-0.4, -0.2) is 129 Å². The summed E-state index contributed by atoms with van der Waals surface area (Å²) in [5.41, 5.74) is 17.1. The number of anilines is 2. The molecule has 0 unspecified atom stereocenters. The smallest absolute Gasteiger partial charge is 0.226 e. The van der Waals surface area contributed by atoms with Crippen LogP contribution < -0.4 is 11.5 Å². The Labute approximate surface area is 428 Å². The zero-order valence-electron chi connectivity index (χ0n) is 44.8. The van der Waals surface area contributed by atoms with Gasteiger partial charge in [-0.3, -0.25) is 9.13 Å². The fourth-order valence-electron chi connectivity index (χ4n) is 12.7. The Morgan fingerprint density at radius 1 is 0.543 bits per heavy atom. The Bertz CT molecular complexity index is 2290. The summed E-state index contributed by atoms with van der Waals surface area (Å²) in [5.74, 6) is 0.343. The number of ether oxygens (including phenoxy) is 2. The van der Waals surface area contributed by atoms with Crippen molar-refractivity contribution in [3.63, 3.8) is 0 Å². The molecule has 396 valence electrons. The molecule has 18 nitrogen and oxygen atoms in total. The molecule has 2 fully saturated rings. The van der Waals surface area contributed by atoms with Gasteiger partial charge in [-0.1, -0.05) is 125 Å². The summed E-state index contributed by atoms with van der Waals surface area (Å²) >= 11 is 12.2. The zero-order chi connectivity index (χ0) is 52.7. The molecule has 0 bridgehead atoms. The summed E-state index contributed by atoms with van der Waals surface area (Å²) in [6, 6.07) is 0. The lowest BCUT2D eigenvalue weighted by molar-refractivity contribution is -0.0511. The molecular weight excluding hydrogens is 988 g/mol. The van der Waals surface area contributed by atoms with Gasteiger partial charge in [0.25, 0.3) is 0 Å². The molecular formula is C47H84Cl2N10O8Si3. The third-order valence-corrected chi connectivity index (χ3v) is 34.1. The Morgan fingerprint density at radius 2 is 0.900 bits per heavy atom. The van der Waals surface area contributed by atoms with Crippen molar-refractivity contribution >= 4 is 82.1 Å². The van der Waals surface area contributed by atoms with Crippen LogP contribution in [-0.2, 0) is 22.8 Å². The summed E-state index contributed by atoms with van der Waals surface area (Å²) in [6.07, 6.45) is -2.94. The molecule has 4 aromatic rings. The maximum Gasteiger partial charge on any atom is 0.226 e. The average Bonchev–Trinajstić information content (AvgIpc) is 4.01. The van der Waals surface area contributed by atoms with Gasteiger partial charge in [-0.2, -0.15) is 19.9 Å². The summed E-state index contributed by atoms with van der Waals surface area (Å²) in [5, 5.41) is 28.8. The van der Waals surface area contributed by atoms with Gasteiger partial charge in [0.1, 0.15) is 47.7 Å². The van der Waals surface area contributed by atoms with Crippen molar-refractivity contribution in [2.45, 2.75) is 224 Å². The van der Waals surface area contributed by atoms with E-state index >= 15 is 0 Å². The molecule has 0 saturated carbocycles. The highest BCUT2D eigenvalue weighted by Gasteiger charge is 2.59. The van der Waals surface area contributed by atoms with Crippen molar-refractivity contribution in [3.8, 4) is 0 Å². The molecule has 0 radical (unpaired) electrons. The Kier molecular flexibility index (Phi) is 19.2. The summed E-state index contributed by atoms with van der Waals surface area (Å²) in [6.45, 7) is 42.0. The second kappa shape index (κ2) is 23.0. The van der Waals surface area contributed by atoms with E-state index in [1.807, 2.05) is 4.57 Å². The second-order valence-electron chi connectivity index (χ2n) is 22.1. The number of nitrogens with zero attached hydrogens (tertiary/aromatic N) is 8. The van der Waals surface area contributed by atoms with E-state index in [1.165, 1.54) is 10.9 Å². The summed E-state index contributed by atoms with van der Waals surface area (Å²) in [4.78, 5) is 25.3.